The van der Waals surface area contributed by atoms with Crippen LogP contribution in [0.25, 0.3) is 10.2 Å². The van der Waals surface area contributed by atoms with E-state index >= 15 is 0 Å². The maximum Gasteiger partial charge on any atom is 0.225 e. The Hall–Kier alpha value is -1.66. The van der Waals surface area contributed by atoms with Crippen LogP contribution in [-0.2, 0) is 0 Å². The van der Waals surface area contributed by atoms with Crippen LogP contribution in [0, 0.1) is 0 Å². The molecule has 1 aliphatic rings. The van der Waals surface area contributed by atoms with E-state index in [9.17, 15) is 0 Å². The Balaban J connectivity index is 1.71. The van der Waals surface area contributed by atoms with E-state index in [2.05, 4.69) is 25.5 Å². The zero-order chi connectivity index (χ0) is 12.8. The monoisotopic (exact) mass is 291 g/mol. The molecule has 0 amide bonds. The Bertz CT molecular complexity index is 746. The number of aromatic nitrogens is 4. The van der Waals surface area contributed by atoms with Gasteiger partial charge < -0.3 is 5.32 Å². The fraction of sp³-hybridized carbons (Fsp3) is 0.250. The minimum absolute atomic E-state index is 0.246. The van der Waals surface area contributed by atoms with Crippen LogP contribution in [0.3, 0.4) is 0 Å². The molecule has 19 heavy (non-hydrogen) atoms. The number of H-pyrrole nitrogens is 1. The molecule has 0 atom stereocenters. The molecule has 1 saturated carbocycles. The highest BCUT2D eigenvalue weighted by Crippen LogP contribution is 2.39. The van der Waals surface area contributed by atoms with E-state index in [0.29, 0.717) is 11.7 Å². The second kappa shape index (κ2) is 4.18. The maximum absolute atomic E-state index is 5.93. The normalized spacial score (nSPS) is 15.0. The highest BCUT2D eigenvalue weighted by Gasteiger charge is 2.25. The van der Waals surface area contributed by atoms with Crippen LogP contribution >= 0.6 is 22.9 Å². The molecule has 2 N–H and O–H groups in total. The van der Waals surface area contributed by atoms with Gasteiger partial charge in [0.05, 0.1) is 5.39 Å². The fourth-order valence-corrected chi connectivity index (χ4v) is 3.03. The highest BCUT2D eigenvalue weighted by atomic mass is 35.5. The van der Waals surface area contributed by atoms with Crippen molar-refractivity contribution >= 4 is 44.8 Å². The predicted molar refractivity (Wildman–Crippen MR) is 76.3 cm³/mol. The number of nitrogens with zero attached hydrogens (tertiary/aromatic N) is 3. The first-order valence-corrected chi connectivity index (χ1v) is 7.28. The minimum Gasteiger partial charge on any atom is -0.323 e. The van der Waals surface area contributed by atoms with Gasteiger partial charge in [-0.1, -0.05) is 0 Å². The van der Waals surface area contributed by atoms with E-state index in [0.717, 1.165) is 16.0 Å². The van der Waals surface area contributed by atoms with Crippen molar-refractivity contribution in [3.05, 3.63) is 28.5 Å². The fourth-order valence-electron chi connectivity index (χ4n) is 2.05. The van der Waals surface area contributed by atoms with Crippen molar-refractivity contribution in [1.82, 2.24) is 20.2 Å². The second-order valence-electron chi connectivity index (χ2n) is 4.59. The molecular formula is C12H10ClN5S. The Morgan fingerprint density at radius 2 is 2.26 bits per heavy atom. The third kappa shape index (κ3) is 2.06. The smallest absolute Gasteiger partial charge is 0.225 e. The lowest BCUT2D eigenvalue weighted by atomic mass is 10.3. The Kier molecular flexibility index (Phi) is 2.46. The molecule has 0 spiro atoms. The lowest BCUT2D eigenvalue weighted by Gasteiger charge is -2.03. The molecular weight excluding hydrogens is 282 g/mol. The molecule has 0 unspecified atom stereocenters. The standard InChI is InChI=1S/C12H10ClN5S/c13-12-15-10(7-3-4-19-11(7)16-12)14-9-5-8(17-18-9)6-1-2-6/h3-6H,1-2H2,(H2,14,15,16,17,18). The molecule has 0 bridgehead atoms. The lowest BCUT2D eigenvalue weighted by Crippen LogP contribution is -1.96. The van der Waals surface area contributed by atoms with E-state index in [1.807, 2.05) is 17.5 Å². The van der Waals surface area contributed by atoms with Crippen molar-refractivity contribution in [3.8, 4) is 0 Å². The lowest BCUT2D eigenvalue weighted by molar-refractivity contribution is 0.966. The average Bonchev–Trinajstić information content (AvgIpc) is 2.95. The van der Waals surface area contributed by atoms with Gasteiger partial charge in [-0.3, -0.25) is 5.10 Å². The SMILES string of the molecule is Clc1nc(Nc2cc(C3CC3)[nH]n2)c2ccsc2n1. The number of nitrogens with one attached hydrogen (secondary N) is 2. The van der Waals surface area contributed by atoms with E-state index in [1.165, 1.54) is 18.5 Å². The molecule has 96 valence electrons. The molecule has 1 fully saturated rings. The first kappa shape index (κ1) is 11.2. The molecule has 3 aromatic heterocycles. The summed E-state index contributed by atoms with van der Waals surface area (Å²) < 4.78 is 0. The van der Waals surface area contributed by atoms with Crippen molar-refractivity contribution in [2.45, 2.75) is 18.8 Å². The van der Waals surface area contributed by atoms with E-state index in [1.54, 1.807) is 11.3 Å². The van der Waals surface area contributed by atoms with E-state index in [-0.39, 0.29) is 5.28 Å². The molecule has 0 aliphatic heterocycles. The molecule has 0 saturated heterocycles. The molecule has 7 heteroatoms. The summed E-state index contributed by atoms with van der Waals surface area (Å²) in [7, 11) is 0. The van der Waals surface area contributed by atoms with Crippen molar-refractivity contribution in [1.29, 1.82) is 0 Å². The number of halogens is 1. The number of fused-ring (bicyclic) bond motifs is 1. The van der Waals surface area contributed by atoms with Gasteiger partial charge >= 0.3 is 0 Å². The molecule has 3 heterocycles. The zero-order valence-corrected chi connectivity index (χ0v) is 11.4. The number of hydrogen-bond donors (Lipinski definition) is 2. The molecule has 3 aromatic rings. The van der Waals surface area contributed by atoms with Crippen LogP contribution in [0.4, 0.5) is 11.6 Å². The van der Waals surface area contributed by atoms with Crippen LogP contribution in [0.15, 0.2) is 17.5 Å². The average molecular weight is 292 g/mol. The number of aromatic amines is 1. The van der Waals surface area contributed by atoms with Gasteiger partial charge in [0.1, 0.15) is 10.6 Å². The van der Waals surface area contributed by atoms with Crippen molar-refractivity contribution in [3.63, 3.8) is 0 Å². The summed E-state index contributed by atoms with van der Waals surface area (Å²) in [6, 6.07) is 4.01. The summed E-state index contributed by atoms with van der Waals surface area (Å²) in [5, 5.41) is 13.7. The van der Waals surface area contributed by atoms with Gasteiger partial charge in [-0.05, 0) is 35.9 Å². The van der Waals surface area contributed by atoms with Gasteiger partial charge in [-0.2, -0.15) is 10.1 Å². The first-order chi connectivity index (χ1) is 9.29. The molecule has 4 rings (SSSR count). The largest absolute Gasteiger partial charge is 0.323 e. The third-order valence-corrected chi connectivity index (χ3v) is 4.13. The molecule has 5 nitrogen and oxygen atoms in total. The van der Waals surface area contributed by atoms with Crippen molar-refractivity contribution in [2.75, 3.05) is 5.32 Å². The van der Waals surface area contributed by atoms with Crippen LogP contribution < -0.4 is 5.32 Å². The van der Waals surface area contributed by atoms with Crippen LogP contribution in [0.5, 0.6) is 0 Å². The maximum atomic E-state index is 5.93. The van der Waals surface area contributed by atoms with E-state index < -0.39 is 0 Å². The summed E-state index contributed by atoms with van der Waals surface area (Å²) in [5.41, 5.74) is 1.18. The van der Waals surface area contributed by atoms with Gasteiger partial charge in [0.25, 0.3) is 0 Å². The molecule has 0 radical (unpaired) electrons. The first-order valence-electron chi connectivity index (χ1n) is 6.02. The van der Waals surface area contributed by atoms with Gasteiger partial charge in [0.2, 0.25) is 5.28 Å². The quantitative estimate of drug-likeness (QED) is 0.722. The summed E-state index contributed by atoms with van der Waals surface area (Å²) in [6.45, 7) is 0. The van der Waals surface area contributed by atoms with Crippen LogP contribution in [-0.4, -0.2) is 20.2 Å². The van der Waals surface area contributed by atoms with Crippen LogP contribution in [0.1, 0.15) is 24.5 Å². The molecule has 0 aromatic carbocycles. The summed E-state index contributed by atoms with van der Waals surface area (Å²) in [4.78, 5) is 9.30. The topological polar surface area (TPSA) is 66.5 Å². The van der Waals surface area contributed by atoms with Gasteiger partial charge in [-0.25, -0.2) is 4.98 Å². The number of rotatable bonds is 3. The third-order valence-electron chi connectivity index (χ3n) is 3.16. The zero-order valence-electron chi connectivity index (χ0n) is 9.85. The van der Waals surface area contributed by atoms with Gasteiger partial charge in [0, 0.05) is 17.7 Å². The van der Waals surface area contributed by atoms with Crippen molar-refractivity contribution in [2.24, 2.45) is 0 Å². The summed E-state index contributed by atoms with van der Waals surface area (Å²) >= 11 is 7.47. The Labute approximate surface area is 118 Å². The Morgan fingerprint density at radius 3 is 3.11 bits per heavy atom. The van der Waals surface area contributed by atoms with Crippen LogP contribution in [0.2, 0.25) is 5.28 Å². The van der Waals surface area contributed by atoms with Crippen molar-refractivity contribution < 1.29 is 0 Å². The highest BCUT2D eigenvalue weighted by molar-refractivity contribution is 7.16. The van der Waals surface area contributed by atoms with E-state index in [4.69, 9.17) is 11.6 Å². The second-order valence-corrected chi connectivity index (χ2v) is 5.82. The molecule has 1 aliphatic carbocycles. The predicted octanol–water partition coefficient (Wildman–Crippen LogP) is 3.69. The number of hydrogen-bond acceptors (Lipinski definition) is 5. The van der Waals surface area contributed by atoms with Gasteiger partial charge in [-0.15, -0.1) is 11.3 Å². The summed E-state index contributed by atoms with van der Waals surface area (Å²) in [5.74, 6) is 2.12. The minimum atomic E-state index is 0.246. The summed E-state index contributed by atoms with van der Waals surface area (Å²) in [6.07, 6.45) is 2.49. The van der Waals surface area contributed by atoms with Gasteiger partial charge in [0.15, 0.2) is 5.82 Å². The Morgan fingerprint density at radius 1 is 1.37 bits per heavy atom. The number of anilines is 2. The number of thiophene rings is 1.